The first kappa shape index (κ1) is 11.4. The van der Waals surface area contributed by atoms with Crippen molar-refractivity contribution in [3.63, 3.8) is 0 Å². The van der Waals surface area contributed by atoms with Crippen molar-refractivity contribution in [3.05, 3.63) is 54.1 Å². The number of nitrogens with zero attached hydrogens (tertiary/aromatic N) is 1. The molecular formula is C13H12F2N2. The molecular weight excluding hydrogens is 222 g/mol. The second-order valence-corrected chi connectivity index (χ2v) is 3.71. The van der Waals surface area contributed by atoms with Gasteiger partial charge in [-0.2, -0.15) is 0 Å². The van der Waals surface area contributed by atoms with Crippen molar-refractivity contribution >= 4 is 17.1 Å². The molecule has 0 fully saturated rings. The number of anilines is 3. The molecule has 0 heterocycles. The molecule has 2 nitrogen and oxygen atoms in total. The SMILES string of the molecule is CN(c1ccccc1N)c1ccc(F)cc1F. The molecule has 4 heteroatoms. The van der Waals surface area contributed by atoms with Crippen LogP contribution in [-0.2, 0) is 0 Å². The fourth-order valence-corrected chi connectivity index (χ4v) is 1.68. The Balaban J connectivity index is 2.44. The number of halogens is 2. The Morgan fingerprint density at radius 2 is 1.71 bits per heavy atom. The number of nitrogens with two attached hydrogens (primary N) is 1. The maximum atomic E-state index is 13.6. The lowest BCUT2D eigenvalue weighted by Crippen LogP contribution is -2.13. The van der Waals surface area contributed by atoms with E-state index in [1.807, 2.05) is 6.07 Å². The molecule has 0 spiro atoms. The number of rotatable bonds is 2. The van der Waals surface area contributed by atoms with Crippen LogP contribution in [-0.4, -0.2) is 7.05 Å². The molecule has 0 bridgehead atoms. The molecule has 0 unspecified atom stereocenters. The van der Waals surface area contributed by atoms with Gasteiger partial charge in [0.05, 0.1) is 17.1 Å². The molecule has 17 heavy (non-hydrogen) atoms. The molecule has 0 atom stereocenters. The summed E-state index contributed by atoms with van der Waals surface area (Å²) in [4.78, 5) is 1.59. The van der Waals surface area contributed by atoms with Crippen molar-refractivity contribution in [2.24, 2.45) is 0 Å². The van der Waals surface area contributed by atoms with Crippen molar-refractivity contribution in [1.82, 2.24) is 0 Å². The topological polar surface area (TPSA) is 29.3 Å². The second-order valence-electron chi connectivity index (χ2n) is 3.71. The van der Waals surface area contributed by atoms with E-state index in [1.54, 1.807) is 30.1 Å². The summed E-state index contributed by atoms with van der Waals surface area (Å²) >= 11 is 0. The van der Waals surface area contributed by atoms with Gasteiger partial charge in [0, 0.05) is 13.1 Å². The quantitative estimate of drug-likeness (QED) is 0.808. The zero-order valence-electron chi connectivity index (χ0n) is 9.32. The number of hydrogen-bond donors (Lipinski definition) is 1. The Hall–Kier alpha value is -2.10. The van der Waals surface area contributed by atoms with Gasteiger partial charge in [-0.05, 0) is 24.3 Å². The minimum atomic E-state index is -0.615. The Bertz CT molecular complexity index is 541. The van der Waals surface area contributed by atoms with E-state index in [9.17, 15) is 8.78 Å². The maximum absolute atomic E-state index is 13.6. The Labute approximate surface area is 98.3 Å². The van der Waals surface area contributed by atoms with E-state index in [-0.39, 0.29) is 5.69 Å². The van der Waals surface area contributed by atoms with Crippen LogP contribution in [0.25, 0.3) is 0 Å². The highest BCUT2D eigenvalue weighted by molar-refractivity contribution is 5.74. The monoisotopic (exact) mass is 234 g/mol. The molecule has 0 aliphatic carbocycles. The van der Waals surface area contributed by atoms with Crippen LogP contribution in [0.2, 0.25) is 0 Å². The summed E-state index contributed by atoms with van der Waals surface area (Å²) in [5, 5.41) is 0. The lowest BCUT2D eigenvalue weighted by molar-refractivity contribution is 0.583. The van der Waals surface area contributed by atoms with Gasteiger partial charge in [-0.15, -0.1) is 0 Å². The number of para-hydroxylation sites is 2. The summed E-state index contributed by atoms with van der Waals surface area (Å²) in [5.74, 6) is -1.21. The van der Waals surface area contributed by atoms with Gasteiger partial charge in [-0.25, -0.2) is 8.78 Å². The average Bonchev–Trinajstić information content (AvgIpc) is 2.29. The normalized spacial score (nSPS) is 10.3. The van der Waals surface area contributed by atoms with Crippen LogP contribution in [0.15, 0.2) is 42.5 Å². The summed E-state index contributed by atoms with van der Waals surface area (Å²) in [7, 11) is 1.68. The fraction of sp³-hybridized carbons (Fsp3) is 0.0769. The minimum Gasteiger partial charge on any atom is -0.397 e. The van der Waals surface area contributed by atoms with Crippen molar-refractivity contribution < 1.29 is 8.78 Å². The number of nitrogen functional groups attached to an aromatic ring is 1. The van der Waals surface area contributed by atoms with Crippen molar-refractivity contribution in [2.45, 2.75) is 0 Å². The van der Waals surface area contributed by atoms with Crippen molar-refractivity contribution in [1.29, 1.82) is 0 Å². The first-order valence-corrected chi connectivity index (χ1v) is 5.13. The average molecular weight is 234 g/mol. The second kappa shape index (κ2) is 4.41. The van der Waals surface area contributed by atoms with Crippen molar-refractivity contribution in [3.8, 4) is 0 Å². The molecule has 0 aliphatic rings. The van der Waals surface area contributed by atoms with Crippen LogP contribution in [0.5, 0.6) is 0 Å². The molecule has 0 radical (unpaired) electrons. The third-order valence-electron chi connectivity index (χ3n) is 2.57. The molecule has 0 saturated carbocycles. The Morgan fingerprint density at radius 3 is 2.35 bits per heavy atom. The highest BCUT2D eigenvalue weighted by Crippen LogP contribution is 2.30. The molecule has 2 rings (SSSR count). The van der Waals surface area contributed by atoms with Gasteiger partial charge in [0.25, 0.3) is 0 Å². The van der Waals surface area contributed by atoms with E-state index < -0.39 is 11.6 Å². The molecule has 88 valence electrons. The van der Waals surface area contributed by atoms with E-state index in [4.69, 9.17) is 5.73 Å². The van der Waals surface area contributed by atoms with Crippen LogP contribution >= 0.6 is 0 Å². The lowest BCUT2D eigenvalue weighted by atomic mass is 10.2. The van der Waals surface area contributed by atoms with Crippen LogP contribution < -0.4 is 10.6 Å². The zero-order valence-corrected chi connectivity index (χ0v) is 9.32. The summed E-state index contributed by atoms with van der Waals surface area (Å²) < 4.78 is 26.4. The minimum absolute atomic E-state index is 0.282. The first-order chi connectivity index (χ1) is 8.09. The molecule has 2 aromatic rings. The third kappa shape index (κ3) is 2.20. The molecule has 0 saturated heterocycles. The fourth-order valence-electron chi connectivity index (χ4n) is 1.68. The van der Waals surface area contributed by atoms with Gasteiger partial charge in [-0.1, -0.05) is 12.1 Å². The van der Waals surface area contributed by atoms with Crippen LogP contribution in [0.1, 0.15) is 0 Å². The first-order valence-electron chi connectivity index (χ1n) is 5.13. The van der Waals surface area contributed by atoms with Crippen LogP contribution in [0, 0.1) is 11.6 Å². The van der Waals surface area contributed by atoms with E-state index in [0.717, 1.165) is 6.07 Å². The number of hydrogen-bond acceptors (Lipinski definition) is 2. The van der Waals surface area contributed by atoms with E-state index in [2.05, 4.69) is 0 Å². The predicted molar refractivity (Wildman–Crippen MR) is 65.3 cm³/mol. The molecule has 0 amide bonds. The summed E-state index contributed by atoms with van der Waals surface area (Å²) in [6.07, 6.45) is 0. The van der Waals surface area contributed by atoms with E-state index in [1.165, 1.54) is 12.1 Å². The van der Waals surface area contributed by atoms with Crippen molar-refractivity contribution in [2.75, 3.05) is 17.7 Å². The van der Waals surface area contributed by atoms with Gasteiger partial charge in [-0.3, -0.25) is 0 Å². The summed E-state index contributed by atoms with van der Waals surface area (Å²) in [6.45, 7) is 0. The Morgan fingerprint density at radius 1 is 1.00 bits per heavy atom. The van der Waals surface area contributed by atoms with Gasteiger partial charge < -0.3 is 10.6 Å². The van der Waals surface area contributed by atoms with Gasteiger partial charge in [0.15, 0.2) is 0 Å². The standard InChI is InChI=1S/C13H12F2N2/c1-17(13-5-3-2-4-11(13)16)12-7-6-9(14)8-10(12)15/h2-8H,16H2,1H3. The third-order valence-corrected chi connectivity index (χ3v) is 2.57. The number of benzene rings is 2. The van der Waals surface area contributed by atoms with Gasteiger partial charge in [0.1, 0.15) is 11.6 Å². The molecule has 0 aromatic heterocycles. The van der Waals surface area contributed by atoms with Crippen LogP contribution in [0.3, 0.4) is 0 Å². The van der Waals surface area contributed by atoms with Gasteiger partial charge >= 0.3 is 0 Å². The molecule has 2 aromatic carbocycles. The largest absolute Gasteiger partial charge is 0.397 e. The molecule has 0 aliphatic heterocycles. The van der Waals surface area contributed by atoms with E-state index in [0.29, 0.717) is 11.4 Å². The lowest BCUT2D eigenvalue weighted by Gasteiger charge is -2.21. The highest BCUT2D eigenvalue weighted by Gasteiger charge is 2.11. The highest BCUT2D eigenvalue weighted by atomic mass is 19.1. The Kier molecular flexibility index (Phi) is 2.95. The maximum Gasteiger partial charge on any atom is 0.149 e. The predicted octanol–water partition coefficient (Wildman–Crippen LogP) is 3.31. The van der Waals surface area contributed by atoms with Gasteiger partial charge in [0.2, 0.25) is 0 Å². The zero-order chi connectivity index (χ0) is 12.4. The summed E-state index contributed by atoms with van der Waals surface area (Å²) in [5.41, 5.74) is 7.30. The van der Waals surface area contributed by atoms with Crippen LogP contribution in [0.4, 0.5) is 25.8 Å². The van der Waals surface area contributed by atoms with E-state index >= 15 is 0 Å². The summed E-state index contributed by atoms with van der Waals surface area (Å²) in [6, 6.07) is 10.6. The smallest absolute Gasteiger partial charge is 0.149 e. The molecule has 2 N–H and O–H groups in total.